The van der Waals surface area contributed by atoms with Gasteiger partial charge in [-0.15, -0.1) is 0 Å². The number of nitrogens with one attached hydrogen (secondary N) is 1. The fourth-order valence-corrected chi connectivity index (χ4v) is 4.83. The Kier molecular flexibility index (Phi) is 6.77. The first-order valence-corrected chi connectivity index (χ1v) is 12.0. The van der Waals surface area contributed by atoms with Gasteiger partial charge < -0.3 is 19.2 Å². The molecule has 1 amide bonds. The Labute approximate surface area is 193 Å². The minimum atomic E-state index is -0.518. The smallest absolute Gasteiger partial charge is 0.407 e. The highest BCUT2D eigenvalue weighted by Gasteiger charge is 2.29. The summed E-state index contributed by atoms with van der Waals surface area (Å²) in [7, 11) is 0. The number of alkyl carbamates (subject to hydrolysis) is 1. The molecule has 0 radical (unpaired) electrons. The molecule has 1 fully saturated rings. The van der Waals surface area contributed by atoms with Gasteiger partial charge in [0, 0.05) is 23.6 Å². The van der Waals surface area contributed by atoms with E-state index in [1.807, 2.05) is 26.8 Å². The van der Waals surface area contributed by atoms with Gasteiger partial charge in [-0.3, -0.25) is 4.79 Å². The van der Waals surface area contributed by atoms with Gasteiger partial charge in [0.05, 0.1) is 5.92 Å². The van der Waals surface area contributed by atoms with Gasteiger partial charge in [0.1, 0.15) is 16.9 Å². The molecule has 0 unspecified atom stereocenters. The average Bonchev–Trinajstić information content (AvgIpc) is 2.77. The minimum Gasteiger partial charge on any atom is -0.444 e. The van der Waals surface area contributed by atoms with Crippen LogP contribution < -0.4 is 15.7 Å². The van der Waals surface area contributed by atoms with E-state index in [4.69, 9.17) is 13.9 Å². The Morgan fingerprint density at radius 2 is 1.76 bits per heavy atom. The number of esters is 1. The quantitative estimate of drug-likeness (QED) is 0.400. The van der Waals surface area contributed by atoms with Gasteiger partial charge in [0.2, 0.25) is 0 Å². The van der Waals surface area contributed by atoms with Crippen LogP contribution in [0.25, 0.3) is 11.0 Å². The molecule has 33 heavy (non-hydrogen) atoms. The zero-order valence-corrected chi connectivity index (χ0v) is 19.7. The lowest BCUT2D eigenvalue weighted by atomic mass is 9.82. The molecule has 1 aromatic carbocycles. The molecule has 1 heterocycles. The summed E-state index contributed by atoms with van der Waals surface area (Å²) in [5.74, 6) is 0.296. The van der Waals surface area contributed by atoms with Crippen LogP contribution in [0.1, 0.15) is 70.4 Å². The predicted octanol–water partition coefficient (Wildman–Crippen LogP) is 4.91. The normalized spacial score (nSPS) is 20.7. The third-order valence-electron chi connectivity index (χ3n) is 6.53. The van der Waals surface area contributed by atoms with Crippen molar-refractivity contribution in [3.8, 4) is 5.75 Å². The van der Waals surface area contributed by atoms with Crippen LogP contribution in [0, 0.1) is 11.8 Å². The van der Waals surface area contributed by atoms with Gasteiger partial charge in [-0.25, -0.2) is 9.59 Å². The second kappa shape index (κ2) is 9.57. The SMILES string of the molecule is CC(C)(C)OC(=O)NCC1CCC(C(=O)Oc2ccc3c4c(c(=O)oc3c2)CCCC4)CC1. The van der Waals surface area contributed by atoms with Crippen LogP contribution in [0.4, 0.5) is 4.79 Å². The molecule has 0 spiro atoms. The number of rotatable bonds is 4. The second-order valence-electron chi connectivity index (χ2n) is 10.2. The topological polar surface area (TPSA) is 94.8 Å². The zero-order valence-electron chi connectivity index (χ0n) is 19.7. The van der Waals surface area contributed by atoms with Crippen molar-refractivity contribution >= 4 is 23.0 Å². The van der Waals surface area contributed by atoms with Crippen LogP contribution >= 0.6 is 0 Å². The van der Waals surface area contributed by atoms with Gasteiger partial charge in [0.25, 0.3) is 0 Å². The number of carbonyl (C=O) groups excluding carboxylic acids is 2. The highest BCUT2D eigenvalue weighted by Crippen LogP contribution is 2.32. The number of amides is 1. The summed E-state index contributed by atoms with van der Waals surface area (Å²) in [6.45, 7) is 6.05. The number of aryl methyl sites for hydroxylation is 1. The third kappa shape index (κ3) is 5.75. The lowest BCUT2D eigenvalue weighted by molar-refractivity contribution is -0.140. The van der Waals surface area contributed by atoms with Crippen molar-refractivity contribution < 1.29 is 23.5 Å². The molecule has 7 heteroatoms. The third-order valence-corrected chi connectivity index (χ3v) is 6.53. The molecule has 0 aliphatic heterocycles. The van der Waals surface area contributed by atoms with Crippen molar-refractivity contribution in [2.24, 2.45) is 11.8 Å². The van der Waals surface area contributed by atoms with Crippen molar-refractivity contribution in [3.63, 3.8) is 0 Å². The highest BCUT2D eigenvalue weighted by atomic mass is 16.6. The maximum Gasteiger partial charge on any atom is 0.407 e. The summed E-state index contributed by atoms with van der Waals surface area (Å²) in [6.07, 6.45) is 6.43. The van der Waals surface area contributed by atoms with Crippen LogP contribution in [0.2, 0.25) is 0 Å². The summed E-state index contributed by atoms with van der Waals surface area (Å²) in [5.41, 5.74) is 1.54. The average molecular weight is 456 g/mol. The van der Waals surface area contributed by atoms with E-state index in [1.54, 1.807) is 12.1 Å². The number of benzene rings is 1. The number of fused-ring (bicyclic) bond motifs is 3. The maximum absolute atomic E-state index is 12.7. The highest BCUT2D eigenvalue weighted by molar-refractivity contribution is 5.84. The van der Waals surface area contributed by atoms with Crippen molar-refractivity contribution in [1.29, 1.82) is 0 Å². The standard InChI is InChI=1S/C26H33NO6/c1-26(2,3)33-25(30)27-15-16-8-10-17(11-9-16)23(28)31-18-12-13-20-19-6-4-5-7-21(19)24(29)32-22(20)14-18/h12-14,16-17H,4-11,15H2,1-3H3,(H,27,30). The molecule has 0 saturated heterocycles. The first-order chi connectivity index (χ1) is 15.7. The Morgan fingerprint density at radius 3 is 2.45 bits per heavy atom. The van der Waals surface area contributed by atoms with E-state index in [0.29, 0.717) is 23.8 Å². The van der Waals surface area contributed by atoms with Crippen molar-refractivity contribution in [1.82, 2.24) is 5.32 Å². The fraction of sp³-hybridized carbons (Fsp3) is 0.577. The first-order valence-electron chi connectivity index (χ1n) is 12.0. The minimum absolute atomic E-state index is 0.172. The Hall–Kier alpha value is -2.83. The largest absolute Gasteiger partial charge is 0.444 e. The molecule has 1 aromatic heterocycles. The van der Waals surface area contributed by atoms with Gasteiger partial charge in [-0.2, -0.15) is 0 Å². The lowest BCUT2D eigenvalue weighted by Crippen LogP contribution is -2.36. The van der Waals surface area contributed by atoms with Crippen molar-refractivity contribution in [3.05, 3.63) is 39.7 Å². The Morgan fingerprint density at radius 1 is 1.06 bits per heavy atom. The molecular formula is C26H33NO6. The molecule has 4 rings (SSSR count). The first kappa shape index (κ1) is 23.3. The van der Waals surface area contributed by atoms with Crippen molar-refractivity contribution in [2.75, 3.05) is 6.54 Å². The van der Waals surface area contributed by atoms with E-state index >= 15 is 0 Å². The van der Waals surface area contributed by atoms with Crippen LogP contribution in [-0.4, -0.2) is 24.2 Å². The predicted molar refractivity (Wildman–Crippen MR) is 124 cm³/mol. The lowest BCUT2D eigenvalue weighted by Gasteiger charge is -2.28. The zero-order chi connectivity index (χ0) is 23.6. The molecule has 2 aliphatic rings. The molecule has 7 nitrogen and oxygen atoms in total. The molecular weight excluding hydrogens is 422 g/mol. The molecule has 0 atom stereocenters. The summed E-state index contributed by atoms with van der Waals surface area (Å²) < 4.78 is 16.4. The van der Waals surface area contributed by atoms with E-state index in [0.717, 1.165) is 67.9 Å². The summed E-state index contributed by atoms with van der Waals surface area (Å²) in [4.78, 5) is 36.9. The van der Waals surface area contributed by atoms with E-state index in [1.165, 1.54) is 0 Å². The van der Waals surface area contributed by atoms with Crippen LogP contribution in [-0.2, 0) is 22.4 Å². The monoisotopic (exact) mass is 455 g/mol. The Bertz CT molecular complexity index is 1090. The van der Waals surface area contributed by atoms with Crippen molar-refractivity contribution in [2.45, 2.75) is 77.7 Å². The molecule has 2 aromatic rings. The van der Waals surface area contributed by atoms with Crippen LogP contribution in [0.15, 0.2) is 27.4 Å². The van der Waals surface area contributed by atoms with E-state index in [9.17, 15) is 14.4 Å². The van der Waals surface area contributed by atoms with E-state index in [2.05, 4.69) is 5.32 Å². The molecule has 1 N–H and O–H groups in total. The number of hydrogen-bond donors (Lipinski definition) is 1. The van der Waals surface area contributed by atoms with Crippen LogP contribution in [0.3, 0.4) is 0 Å². The second-order valence-corrected chi connectivity index (χ2v) is 10.2. The summed E-state index contributed by atoms with van der Waals surface area (Å²) in [5, 5.41) is 3.76. The maximum atomic E-state index is 12.7. The van der Waals surface area contributed by atoms with Gasteiger partial charge >= 0.3 is 17.7 Å². The fourth-order valence-electron chi connectivity index (χ4n) is 4.83. The summed E-state index contributed by atoms with van der Waals surface area (Å²) in [6, 6.07) is 5.33. The number of ether oxygens (including phenoxy) is 2. The Balaban J connectivity index is 1.32. The molecule has 0 bridgehead atoms. The van der Waals surface area contributed by atoms with E-state index in [-0.39, 0.29) is 17.5 Å². The van der Waals surface area contributed by atoms with Gasteiger partial charge in [-0.1, -0.05) is 0 Å². The molecule has 2 aliphatic carbocycles. The van der Waals surface area contributed by atoms with Crippen LogP contribution in [0.5, 0.6) is 5.75 Å². The summed E-state index contributed by atoms with van der Waals surface area (Å²) >= 11 is 0. The van der Waals surface area contributed by atoms with Gasteiger partial charge in [-0.05, 0) is 95.8 Å². The molecule has 178 valence electrons. The van der Waals surface area contributed by atoms with Gasteiger partial charge in [0.15, 0.2) is 0 Å². The molecule has 1 saturated carbocycles. The number of carbonyl (C=O) groups is 2. The van der Waals surface area contributed by atoms with E-state index < -0.39 is 11.7 Å². The number of hydrogen-bond acceptors (Lipinski definition) is 6.